The third-order valence-corrected chi connectivity index (χ3v) is 7.80. The van der Waals surface area contributed by atoms with E-state index in [1.54, 1.807) is 60.7 Å². The number of hydrogen-bond acceptors (Lipinski definition) is 4. The molecule has 4 rings (SSSR count). The van der Waals surface area contributed by atoms with E-state index < -0.39 is 11.8 Å². The van der Waals surface area contributed by atoms with E-state index in [0.29, 0.717) is 28.3 Å². The van der Waals surface area contributed by atoms with Gasteiger partial charge in [0.1, 0.15) is 5.70 Å². The van der Waals surface area contributed by atoms with Gasteiger partial charge < -0.3 is 16.0 Å². The zero-order valence-electron chi connectivity index (χ0n) is 23.6. The molecule has 0 heterocycles. The molecule has 6 nitrogen and oxygen atoms in total. The van der Waals surface area contributed by atoms with Crippen LogP contribution in [0.5, 0.6) is 0 Å². The highest BCUT2D eigenvalue weighted by atomic mass is 35.5. The second-order valence-corrected chi connectivity index (χ2v) is 11.5. The van der Waals surface area contributed by atoms with Gasteiger partial charge in [-0.1, -0.05) is 61.0 Å². The highest BCUT2D eigenvalue weighted by molar-refractivity contribution is 8.00. The molecule has 3 amide bonds. The van der Waals surface area contributed by atoms with Crippen molar-refractivity contribution >= 4 is 58.5 Å². The number of carbonyl (C=O) groups is 3. The van der Waals surface area contributed by atoms with Crippen molar-refractivity contribution in [3.63, 3.8) is 0 Å². The van der Waals surface area contributed by atoms with Gasteiger partial charge in [-0.2, -0.15) is 0 Å². The molecule has 0 spiro atoms. The van der Waals surface area contributed by atoms with Crippen molar-refractivity contribution in [1.82, 2.24) is 5.32 Å². The van der Waals surface area contributed by atoms with Gasteiger partial charge in [0.2, 0.25) is 5.91 Å². The second kappa shape index (κ2) is 14.5. The largest absolute Gasteiger partial charge is 0.325 e. The van der Waals surface area contributed by atoms with Crippen LogP contribution in [0.15, 0.2) is 108 Å². The van der Waals surface area contributed by atoms with E-state index in [1.165, 1.54) is 11.8 Å². The molecule has 1 atom stereocenters. The second-order valence-electron chi connectivity index (χ2n) is 9.80. The molecule has 0 saturated carbocycles. The van der Waals surface area contributed by atoms with Crippen LogP contribution in [0.3, 0.4) is 0 Å². The average Bonchev–Trinajstić information content (AvgIpc) is 2.95. The quantitative estimate of drug-likeness (QED) is 0.128. The predicted octanol–water partition coefficient (Wildman–Crippen LogP) is 7.88. The van der Waals surface area contributed by atoms with Gasteiger partial charge in [0.25, 0.3) is 11.8 Å². The summed E-state index contributed by atoms with van der Waals surface area (Å²) in [5, 5.41) is 8.81. The zero-order chi connectivity index (χ0) is 30.1. The minimum absolute atomic E-state index is 0.0587. The van der Waals surface area contributed by atoms with Crippen LogP contribution in [0.1, 0.15) is 40.4 Å². The minimum Gasteiger partial charge on any atom is -0.325 e. The molecule has 4 aromatic carbocycles. The van der Waals surface area contributed by atoms with Gasteiger partial charge in [-0.25, -0.2) is 0 Å². The summed E-state index contributed by atoms with van der Waals surface area (Å²) in [5.74, 6) is -0.998. The van der Waals surface area contributed by atoms with E-state index >= 15 is 0 Å². The first-order chi connectivity index (χ1) is 20.2. The number of halogens is 1. The van der Waals surface area contributed by atoms with Crippen molar-refractivity contribution in [2.75, 3.05) is 10.6 Å². The van der Waals surface area contributed by atoms with E-state index in [9.17, 15) is 14.4 Å². The lowest BCUT2D eigenvalue weighted by Gasteiger charge is -2.16. The van der Waals surface area contributed by atoms with Crippen molar-refractivity contribution in [3.8, 4) is 0 Å². The van der Waals surface area contributed by atoms with E-state index in [1.807, 2.05) is 57.2 Å². The summed E-state index contributed by atoms with van der Waals surface area (Å²) in [6, 6.07) is 28.9. The third-order valence-electron chi connectivity index (χ3n) is 6.21. The molecule has 0 fully saturated rings. The Hall–Kier alpha value is -4.33. The number of amides is 3. The number of aryl methyl sites for hydroxylation is 2. The first kappa shape index (κ1) is 30.6. The van der Waals surface area contributed by atoms with Crippen LogP contribution in [0, 0.1) is 13.8 Å². The summed E-state index contributed by atoms with van der Waals surface area (Å²) in [6.45, 7) is 5.96. The Balaban J connectivity index is 1.50. The van der Waals surface area contributed by atoms with E-state index in [-0.39, 0.29) is 16.9 Å². The van der Waals surface area contributed by atoms with Gasteiger partial charge in [-0.3, -0.25) is 14.4 Å². The molecule has 42 heavy (non-hydrogen) atoms. The minimum atomic E-state index is -0.499. The molecule has 0 saturated heterocycles. The maximum atomic E-state index is 13.4. The standard InChI is InChI=1S/C34H32ClN3O3S/c1-4-31(34(41)37-28-17-22(2)16-23(3)18-28)42-29-15-9-14-27(21-29)36-33(40)30(20-24-10-8-13-26(35)19-24)38-32(39)25-11-6-5-7-12-25/h5-21,31H,4H2,1-3H3,(H,36,40)(H,37,41)(H,38,39)/b30-20-. The predicted molar refractivity (Wildman–Crippen MR) is 173 cm³/mol. The van der Waals surface area contributed by atoms with Crippen molar-refractivity contribution in [1.29, 1.82) is 0 Å². The number of benzene rings is 4. The van der Waals surface area contributed by atoms with Gasteiger partial charge in [-0.05, 0) is 97.6 Å². The fraction of sp³-hybridized carbons (Fsp3) is 0.147. The summed E-state index contributed by atoms with van der Waals surface area (Å²) in [5.41, 5.74) is 4.60. The molecule has 3 N–H and O–H groups in total. The van der Waals surface area contributed by atoms with Crippen LogP contribution >= 0.6 is 23.4 Å². The summed E-state index contributed by atoms with van der Waals surface area (Å²) < 4.78 is 0. The number of rotatable bonds is 10. The molecule has 0 bridgehead atoms. The van der Waals surface area contributed by atoms with E-state index in [2.05, 4.69) is 22.0 Å². The first-order valence-electron chi connectivity index (χ1n) is 13.5. The highest BCUT2D eigenvalue weighted by Gasteiger charge is 2.20. The Morgan fingerprint density at radius 2 is 1.52 bits per heavy atom. The number of thioether (sulfide) groups is 1. The fourth-order valence-electron chi connectivity index (χ4n) is 4.31. The van der Waals surface area contributed by atoms with Gasteiger partial charge in [-0.15, -0.1) is 11.8 Å². The van der Waals surface area contributed by atoms with Crippen molar-refractivity contribution in [2.45, 2.75) is 37.3 Å². The van der Waals surface area contributed by atoms with Gasteiger partial charge in [0.15, 0.2) is 0 Å². The van der Waals surface area contributed by atoms with Crippen LogP contribution < -0.4 is 16.0 Å². The molecule has 0 aliphatic carbocycles. The first-order valence-corrected chi connectivity index (χ1v) is 14.8. The molecule has 0 aromatic heterocycles. The Bertz CT molecular complexity index is 1600. The van der Waals surface area contributed by atoms with Crippen LogP contribution in [0.25, 0.3) is 6.08 Å². The van der Waals surface area contributed by atoms with Crippen molar-refractivity contribution in [2.24, 2.45) is 0 Å². The summed E-state index contributed by atoms with van der Waals surface area (Å²) in [7, 11) is 0. The lowest BCUT2D eigenvalue weighted by Crippen LogP contribution is -2.30. The van der Waals surface area contributed by atoms with Crippen LogP contribution in [0.2, 0.25) is 5.02 Å². The Labute approximate surface area is 255 Å². The number of nitrogens with one attached hydrogen (secondary N) is 3. The van der Waals surface area contributed by atoms with Gasteiger partial charge >= 0.3 is 0 Å². The number of hydrogen-bond donors (Lipinski definition) is 3. The zero-order valence-corrected chi connectivity index (χ0v) is 25.2. The Morgan fingerprint density at radius 3 is 2.21 bits per heavy atom. The number of carbonyl (C=O) groups excluding carboxylic acids is 3. The molecule has 214 valence electrons. The van der Waals surface area contributed by atoms with Crippen LogP contribution in [-0.2, 0) is 9.59 Å². The molecule has 8 heteroatoms. The lowest BCUT2D eigenvalue weighted by atomic mass is 10.1. The molecule has 0 aliphatic heterocycles. The molecule has 4 aromatic rings. The molecule has 0 aliphatic rings. The maximum Gasteiger partial charge on any atom is 0.272 e. The SMILES string of the molecule is CCC(Sc1cccc(NC(=O)/C(=C/c2cccc(Cl)c2)NC(=O)c2ccccc2)c1)C(=O)Nc1cc(C)cc(C)c1. The molecule has 0 radical (unpaired) electrons. The fourth-order valence-corrected chi connectivity index (χ4v) is 5.52. The lowest BCUT2D eigenvalue weighted by molar-refractivity contribution is -0.116. The topological polar surface area (TPSA) is 87.3 Å². The van der Waals surface area contributed by atoms with Crippen LogP contribution in [-0.4, -0.2) is 23.0 Å². The van der Waals surface area contributed by atoms with Gasteiger partial charge in [0.05, 0.1) is 5.25 Å². The van der Waals surface area contributed by atoms with Gasteiger partial charge in [0, 0.05) is 26.9 Å². The van der Waals surface area contributed by atoms with Crippen molar-refractivity contribution < 1.29 is 14.4 Å². The highest BCUT2D eigenvalue weighted by Crippen LogP contribution is 2.29. The number of anilines is 2. The molecular weight excluding hydrogens is 566 g/mol. The molecule has 1 unspecified atom stereocenters. The summed E-state index contributed by atoms with van der Waals surface area (Å²) >= 11 is 7.57. The van der Waals surface area contributed by atoms with Crippen LogP contribution in [0.4, 0.5) is 11.4 Å². The maximum absolute atomic E-state index is 13.4. The summed E-state index contributed by atoms with van der Waals surface area (Å²) in [6.07, 6.45) is 2.20. The monoisotopic (exact) mass is 597 g/mol. The van der Waals surface area contributed by atoms with Crippen molar-refractivity contribution in [3.05, 3.63) is 130 Å². The Morgan fingerprint density at radius 1 is 0.810 bits per heavy atom. The van der Waals surface area contributed by atoms with E-state index in [4.69, 9.17) is 11.6 Å². The van der Waals surface area contributed by atoms with E-state index in [0.717, 1.165) is 21.7 Å². The summed E-state index contributed by atoms with van der Waals surface area (Å²) in [4.78, 5) is 40.2. The average molecular weight is 598 g/mol. The third kappa shape index (κ3) is 8.83. The smallest absolute Gasteiger partial charge is 0.272 e. The Kier molecular flexibility index (Phi) is 10.6. The normalized spacial score (nSPS) is 11.9. The molecular formula is C34H32ClN3O3S.